The average Bonchev–Trinajstić information content (AvgIpc) is 2.56. The van der Waals surface area contributed by atoms with Gasteiger partial charge >= 0.3 is 0 Å². The van der Waals surface area contributed by atoms with Crippen molar-refractivity contribution < 1.29 is 13.2 Å². The van der Waals surface area contributed by atoms with E-state index in [0.29, 0.717) is 5.69 Å². The van der Waals surface area contributed by atoms with Crippen molar-refractivity contribution in [2.45, 2.75) is 64.9 Å². The number of anilines is 2. The summed E-state index contributed by atoms with van der Waals surface area (Å²) in [4.78, 5) is 12.8. The van der Waals surface area contributed by atoms with Gasteiger partial charge in [0.25, 0.3) is 0 Å². The first-order valence-electron chi connectivity index (χ1n) is 9.58. The van der Waals surface area contributed by atoms with Crippen molar-refractivity contribution >= 4 is 27.3 Å². The van der Waals surface area contributed by atoms with Gasteiger partial charge in [0.2, 0.25) is 15.9 Å². The summed E-state index contributed by atoms with van der Waals surface area (Å²) in [6, 6.07) is 9.95. The minimum Gasteiger partial charge on any atom is -0.374 e. The maximum atomic E-state index is 12.7. The molecule has 1 atom stereocenters. The van der Waals surface area contributed by atoms with E-state index in [4.69, 9.17) is 0 Å². The molecule has 0 aliphatic rings. The van der Waals surface area contributed by atoms with E-state index >= 15 is 0 Å². The second kappa shape index (κ2) is 8.55. The van der Waals surface area contributed by atoms with Gasteiger partial charge in [-0.05, 0) is 77.8 Å². The van der Waals surface area contributed by atoms with E-state index in [9.17, 15) is 13.2 Å². The van der Waals surface area contributed by atoms with Gasteiger partial charge in [-0.15, -0.1) is 0 Å². The molecule has 1 amide bonds. The van der Waals surface area contributed by atoms with Crippen molar-refractivity contribution in [3.63, 3.8) is 0 Å². The lowest BCUT2D eigenvalue weighted by Crippen LogP contribution is -2.40. The SMILES string of the molecule is Cc1cc(C)c(NC(=O)[C@H](C)Nc2cccc(S(=O)(=O)NC(C)(C)C)c2)c(C)c1. The molecule has 0 saturated heterocycles. The molecule has 0 aromatic heterocycles. The van der Waals surface area contributed by atoms with Crippen molar-refractivity contribution in [2.75, 3.05) is 10.6 Å². The van der Waals surface area contributed by atoms with E-state index in [0.717, 1.165) is 22.4 Å². The van der Waals surface area contributed by atoms with E-state index in [-0.39, 0.29) is 10.8 Å². The number of benzene rings is 2. The minimum atomic E-state index is -3.65. The van der Waals surface area contributed by atoms with Gasteiger partial charge in [-0.3, -0.25) is 4.79 Å². The second-order valence-corrected chi connectivity index (χ2v) is 10.2. The molecule has 2 aromatic rings. The van der Waals surface area contributed by atoms with Crippen molar-refractivity contribution in [1.82, 2.24) is 4.72 Å². The Hall–Kier alpha value is -2.38. The molecule has 6 nitrogen and oxygen atoms in total. The maximum Gasteiger partial charge on any atom is 0.246 e. The Bertz CT molecular complexity index is 985. The highest BCUT2D eigenvalue weighted by Crippen LogP contribution is 2.23. The van der Waals surface area contributed by atoms with Gasteiger partial charge in [-0.25, -0.2) is 13.1 Å². The minimum absolute atomic E-state index is 0.148. The number of hydrogen-bond acceptors (Lipinski definition) is 4. The second-order valence-electron chi connectivity index (χ2n) is 8.51. The molecule has 0 fully saturated rings. The van der Waals surface area contributed by atoms with Crippen LogP contribution in [-0.2, 0) is 14.8 Å². The zero-order chi connectivity index (χ0) is 22.0. The van der Waals surface area contributed by atoms with E-state index in [2.05, 4.69) is 15.4 Å². The van der Waals surface area contributed by atoms with E-state index < -0.39 is 21.6 Å². The zero-order valence-corrected chi connectivity index (χ0v) is 19.0. The fourth-order valence-corrected chi connectivity index (χ4v) is 4.60. The number of rotatable bonds is 6. The summed E-state index contributed by atoms with van der Waals surface area (Å²) in [6.07, 6.45) is 0. The van der Waals surface area contributed by atoms with Crippen LogP contribution in [0.2, 0.25) is 0 Å². The van der Waals surface area contributed by atoms with Crippen LogP contribution in [0.3, 0.4) is 0 Å². The largest absolute Gasteiger partial charge is 0.374 e. The van der Waals surface area contributed by atoms with Crippen LogP contribution in [0.4, 0.5) is 11.4 Å². The highest BCUT2D eigenvalue weighted by atomic mass is 32.2. The highest BCUT2D eigenvalue weighted by Gasteiger charge is 2.22. The van der Waals surface area contributed by atoms with Crippen molar-refractivity contribution in [3.8, 4) is 0 Å². The number of nitrogens with one attached hydrogen (secondary N) is 3. The molecule has 0 bridgehead atoms. The molecule has 2 aromatic carbocycles. The fraction of sp³-hybridized carbons (Fsp3) is 0.409. The topological polar surface area (TPSA) is 87.3 Å². The molecule has 0 heterocycles. The Morgan fingerprint density at radius 3 is 2.14 bits per heavy atom. The Balaban J connectivity index is 2.15. The number of amides is 1. The lowest BCUT2D eigenvalue weighted by molar-refractivity contribution is -0.116. The standard InChI is InChI=1S/C22H31N3O3S/c1-14-11-15(2)20(16(3)12-14)24-21(26)17(4)23-18-9-8-10-19(13-18)29(27,28)25-22(5,6)7/h8-13,17,23,25H,1-7H3,(H,24,26)/t17-/m0/s1. The van der Waals surface area contributed by atoms with Crippen LogP contribution in [0.25, 0.3) is 0 Å². The van der Waals surface area contributed by atoms with Crippen LogP contribution < -0.4 is 15.4 Å². The number of aryl methyl sites for hydroxylation is 3. The van der Waals surface area contributed by atoms with Crippen LogP contribution in [0.15, 0.2) is 41.3 Å². The van der Waals surface area contributed by atoms with Crippen LogP contribution in [0, 0.1) is 20.8 Å². The molecule has 158 valence electrons. The molecule has 29 heavy (non-hydrogen) atoms. The van der Waals surface area contributed by atoms with Crippen molar-refractivity contribution in [1.29, 1.82) is 0 Å². The van der Waals surface area contributed by atoms with E-state index in [1.54, 1.807) is 39.8 Å². The molecule has 2 rings (SSSR count). The third-order valence-electron chi connectivity index (χ3n) is 4.29. The Labute approximate surface area is 174 Å². The van der Waals surface area contributed by atoms with Crippen molar-refractivity contribution in [3.05, 3.63) is 53.1 Å². The van der Waals surface area contributed by atoms with Crippen LogP contribution >= 0.6 is 0 Å². The summed E-state index contributed by atoms with van der Waals surface area (Å²) < 4.78 is 27.7. The first-order valence-corrected chi connectivity index (χ1v) is 11.1. The maximum absolute atomic E-state index is 12.7. The predicted octanol–water partition coefficient (Wildman–Crippen LogP) is 4.13. The molecule has 3 N–H and O–H groups in total. The number of carbonyl (C=O) groups excluding carboxylic acids is 1. The van der Waals surface area contributed by atoms with Crippen LogP contribution in [0.1, 0.15) is 44.4 Å². The number of hydrogen-bond donors (Lipinski definition) is 3. The number of sulfonamides is 1. The molecular formula is C22H31N3O3S. The molecule has 0 radical (unpaired) electrons. The van der Waals surface area contributed by atoms with Gasteiger partial charge < -0.3 is 10.6 Å². The lowest BCUT2D eigenvalue weighted by Gasteiger charge is -2.21. The monoisotopic (exact) mass is 417 g/mol. The van der Waals surface area contributed by atoms with Crippen LogP contribution in [0.5, 0.6) is 0 Å². The first-order chi connectivity index (χ1) is 13.3. The third-order valence-corrected chi connectivity index (χ3v) is 6.04. The summed E-state index contributed by atoms with van der Waals surface area (Å²) >= 11 is 0. The zero-order valence-electron chi connectivity index (χ0n) is 18.2. The molecule has 0 spiro atoms. The normalized spacial score (nSPS) is 13.1. The van der Waals surface area contributed by atoms with Gasteiger partial charge in [-0.1, -0.05) is 23.8 Å². The molecule has 0 aliphatic carbocycles. The summed E-state index contributed by atoms with van der Waals surface area (Å²) in [5, 5.41) is 6.05. The Kier molecular flexibility index (Phi) is 6.75. The third kappa shape index (κ3) is 6.30. The highest BCUT2D eigenvalue weighted by molar-refractivity contribution is 7.89. The van der Waals surface area contributed by atoms with Crippen LogP contribution in [-0.4, -0.2) is 25.9 Å². The van der Waals surface area contributed by atoms with Gasteiger partial charge in [-0.2, -0.15) is 0 Å². The number of carbonyl (C=O) groups is 1. The average molecular weight is 418 g/mol. The van der Waals surface area contributed by atoms with Gasteiger partial charge in [0.1, 0.15) is 6.04 Å². The summed E-state index contributed by atoms with van der Waals surface area (Å²) in [7, 11) is -3.65. The Morgan fingerprint density at radius 1 is 1.00 bits per heavy atom. The lowest BCUT2D eigenvalue weighted by atomic mass is 10.0. The van der Waals surface area contributed by atoms with Gasteiger partial charge in [0.15, 0.2) is 0 Å². The Morgan fingerprint density at radius 2 is 1.59 bits per heavy atom. The fourth-order valence-electron chi connectivity index (χ4n) is 3.14. The molecule has 0 unspecified atom stereocenters. The van der Waals surface area contributed by atoms with Crippen molar-refractivity contribution in [2.24, 2.45) is 0 Å². The van der Waals surface area contributed by atoms with Gasteiger partial charge in [0.05, 0.1) is 4.90 Å². The quantitative estimate of drug-likeness (QED) is 0.660. The summed E-state index contributed by atoms with van der Waals surface area (Å²) in [5.74, 6) is -0.193. The smallest absolute Gasteiger partial charge is 0.246 e. The molecular weight excluding hydrogens is 386 g/mol. The first kappa shape index (κ1) is 22.9. The predicted molar refractivity (Wildman–Crippen MR) is 119 cm³/mol. The van der Waals surface area contributed by atoms with Gasteiger partial charge in [0, 0.05) is 16.9 Å². The molecule has 0 saturated carbocycles. The van der Waals surface area contributed by atoms with E-state index in [1.165, 1.54) is 12.1 Å². The summed E-state index contributed by atoms with van der Waals surface area (Å²) in [6.45, 7) is 13.0. The molecule has 0 aliphatic heterocycles. The molecule has 7 heteroatoms. The van der Waals surface area contributed by atoms with E-state index in [1.807, 2.05) is 32.9 Å². The summed E-state index contributed by atoms with van der Waals surface area (Å²) in [5.41, 5.74) is 3.93.